The summed E-state index contributed by atoms with van der Waals surface area (Å²) < 4.78 is 0. The van der Waals surface area contributed by atoms with Gasteiger partial charge in [-0.2, -0.15) is 0 Å². The number of fused-ring (bicyclic) bond motifs is 2. The largest absolute Gasteiger partial charge is 0.396 e. The quantitative estimate of drug-likeness (QED) is 0.867. The van der Waals surface area contributed by atoms with E-state index in [1.54, 1.807) is 23.4 Å². The maximum Gasteiger partial charge on any atom is 0.230 e. The predicted molar refractivity (Wildman–Crippen MR) is 71.0 cm³/mol. The van der Waals surface area contributed by atoms with Crippen LogP contribution in [0.1, 0.15) is 25.7 Å². The lowest BCUT2D eigenvalue weighted by Crippen LogP contribution is -2.35. The van der Waals surface area contributed by atoms with Crippen molar-refractivity contribution in [3.8, 4) is 0 Å². The molecule has 3 rings (SSSR count). The third-order valence-electron chi connectivity index (χ3n) is 4.58. The van der Waals surface area contributed by atoms with Gasteiger partial charge in [-0.3, -0.25) is 9.78 Å². The molecule has 2 fully saturated rings. The molecule has 3 atom stereocenters. The third kappa shape index (κ3) is 1.76. The Morgan fingerprint density at radius 1 is 1.44 bits per heavy atom. The Bertz CT molecular complexity index is 474. The number of hydrogen-bond donors (Lipinski definition) is 1. The minimum atomic E-state index is 0.210. The number of anilines is 2. The number of carbonyl (C=O) groups excluding carboxylic acids is 1. The van der Waals surface area contributed by atoms with Gasteiger partial charge in [-0.15, -0.1) is 0 Å². The lowest BCUT2D eigenvalue weighted by molar-refractivity contribution is -0.123. The van der Waals surface area contributed by atoms with Crippen molar-refractivity contribution >= 4 is 17.3 Å². The van der Waals surface area contributed by atoms with Gasteiger partial charge in [0, 0.05) is 19.2 Å². The van der Waals surface area contributed by atoms with Crippen molar-refractivity contribution in [2.24, 2.45) is 17.8 Å². The van der Waals surface area contributed by atoms with Crippen LogP contribution in [0.4, 0.5) is 11.4 Å². The zero-order chi connectivity index (χ0) is 12.7. The fourth-order valence-electron chi connectivity index (χ4n) is 3.62. The molecule has 0 radical (unpaired) electrons. The summed E-state index contributed by atoms with van der Waals surface area (Å²) in [6.07, 6.45) is 8.13. The topological polar surface area (TPSA) is 59.2 Å². The summed E-state index contributed by atoms with van der Waals surface area (Å²) in [6, 6.07) is 1.81. The van der Waals surface area contributed by atoms with Crippen LogP contribution < -0.4 is 10.6 Å². The number of nitrogens with two attached hydrogens (primary N) is 1. The summed E-state index contributed by atoms with van der Waals surface area (Å²) in [4.78, 5) is 18.2. The molecule has 2 aliphatic rings. The van der Waals surface area contributed by atoms with Crippen LogP contribution in [0.25, 0.3) is 0 Å². The number of nitrogens with zero attached hydrogens (tertiary/aromatic N) is 2. The highest BCUT2D eigenvalue weighted by atomic mass is 16.2. The molecular weight excluding hydrogens is 226 g/mol. The lowest BCUT2D eigenvalue weighted by atomic mass is 9.88. The van der Waals surface area contributed by atoms with Crippen molar-refractivity contribution in [3.05, 3.63) is 18.5 Å². The van der Waals surface area contributed by atoms with Crippen LogP contribution in [-0.2, 0) is 4.79 Å². The molecule has 0 saturated heterocycles. The van der Waals surface area contributed by atoms with Crippen LogP contribution in [0.3, 0.4) is 0 Å². The molecule has 0 aliphatic heterocycles. The summed E-state index contributed by atoms with van der Waals surface area (Å²) in [5, 5.41) is 0. The average molecular weight is 245 g/mol. The van der Waals surface area contributed by atoms with Crippen molar-refractivity contribution in [3.63, 3.8) is 0 Å². The Hall–Kier alpha value is -1.58. The number of hydrogen-bond acceptors (Lipinski definition) is 3. The van der Waals surface area contributed by atoms with Crippen molar-refractivity contribution < 1.29 is 4.79 Å². The van der Waals surface area contributed by atoms with E-state index in [-0.39, 0.29) is 11.8 Å². The summed E-state index contributed by atoms with van der Waals surface area (Å²) in [6.45, 7) is 0. The van der Waals surface area contributed by atoms with E-state index in [1.807, 2.05) is 7.05 Å². The fourth-order valence-corrected chi connectivity index (χ4v) is 3.62. The molecule has 4 nitrogen and oxygen atoms in total. The molecule has 1 amide bonds. The number of carbonyl (C=O) groups is 1. The zero-order valence-corrected chi connectivity index (χ0v) is 10.7. The molecule has 96 valence electrons. The minimum Gasteiger partial charge on any atom is -0.396 e. The molecule has 1 aromatic rings. The Balaban J connectivity index is 1.79. The highest BCUT2D eigenvalue weighted by molar-refractivity contribution is 5.97. The van der Waals surface area contributed by atoms with Crippen LogP contribution in [0, 0.1) is 17.8 Å². The summed E-state index contributed by atoms with van der Waals surface area (Å²) in [7, 11) is 1.82. The first-order valence-electron chi connectivity index (χ1n) is 6.64. The average Bonchev–Trinajstić information content (AvgIpc) is 3.00. The maximum atomic E-state index is 12.5. The molecule has 4 heteroatoms. The van der Waals surface area contributed by atoms with Crippen molar-refractivity contribution in [1.29, 1.82) is 0 Å². The zero-order valence-electron chi connectivity index (χ0n) is 10.7. The number of amides is 1. The molecule has 3 unspecified atom stereocenters. The Morgan fingerprint density at radius 3 is 2.89 bits per heavy atom. The minimum absolute atomic E-state index is 0.210. The molecule has 2 N–H and O–H groups in total. The first-order valence-corrected chi connectivity index (χ1v) is 6.64. The van der Waals surface area contributed by atoms with Crippen LogP contribution in [-0.4, -0.2) is 17.9 Å². The van der Waals surface area contributed by atoms with Crippen molar-refractivity contribution in [2.45, 2.75) is 25.7 Å². The van der Waals surface area contributed by atoms with Crippen molar-refractivity contribution in [1.82, 2.24) is 4.98 Å². The maximum absolute atomic E-state index is 12.5. The molecular formula is C14H19N3O. The second-order valence-electron chi connectivity index (χ2n) is 5.61. The SMILES string of the molecule is CN(C(=O)C1CC2CCC1C2)c1ccncc1N. The van der Waals surface area contributed by atoms with Crippen LogP contribution in [0.15, 0.2) is 18.5 Å². The van der Waals surface area contributed by atoms with Gasteiger partial charge in [-0.1, -0.05) is 6.42 Å². The van der Waals surface area contributed by atoms with E-state index in [0.717, 1.165) is 18.0 Å². The van der Waals surface area contributed by atoms with E-state index in [1.165, 1.54) is 19.3 Å². The van der Waals surface area contributed by atoms with E-state index in [2.05, 4.69) is 4.98 Å². The third-order valence-corrected chi connectivity index (χ3v) is 4.58. The van der Waals surface area contributed by atoms with E-state index < -0.39 is 0 Å². The molecule has 2 saturated carbocycles. The first-order chi connectivity index (χ1) is 8.66. The van der Waals surface area contributed by atoms with Crippen LogP contribution in [0.2, 0.25) is 0 Å². The Kier molecular flexibility index (Phi) is 2.73. The second-order valence-corrected chi connectivity index (χ2v) is 5.61. The summed E-state index contributed by atoms with van der Waals surface area (Å²) >= 11 is 0. The second kappa shape index (κ2) is 4.26. The Morgan fingerprint density at radius 2 is 2.28 bits per heavy atom. The molecule has 18 heavy (non-hydrogen) atoms. The summed E-state index contributed by atoms with van der Waals surface area (Å²) in [5.41, 5.74) is 7.22. The molecule has 0 aromatic carbocycles. The number of aromatic nitrogens is 1. The van der Waals surface area contributed by atoms with Crippen LogP contribution in [0.5, 0.6) is 0 Å². The van der Waals surface area contributed by atoms with Gasteiger partial charge in [-0.25, -0.2) is 0 Å². The number of nitrogen functional groups attached to an aromatic ring is 1. The standard InChI is InChI=1S/C14H19N3O/c1-17(13-4-5-16-8-12(13)15)14(18)11-7-9-2-3-10(11)6-9/h4-5,8-11H,2-3,6-7,15H2,1H3. The van der Waals surface area contributed by atoms with E-state index in [9.17, 15) is 4.79 Å². The lowest BCUT2D eigenvalue weighted by Gasteiger charge is -2.27. The van der Waals surface area contributed by atoms with E-state index in [4.69, 9.17) is 5.73 Å². The van der Waals surface area contributed by atoms with Gasteiger partial charge >= 0.3 is 0 Å². The van der Waals surface area contributed by atoms with Gasteiger partial charge in [0.2, 0.25) is 5.91 Å². The van der Waals surface area contributed by atoms with Gasteiger partial charge in [0.05, 0.1) is 17.6 Å². The molecule has 1 heterocycles. The number of pyridine rings is 1. The normalized spacial score (nSPS) is 29.5. The van der Waals surface area contributed by atoms with Gasteiger partial charge in [0.15, 0.2) is 0 Å². The van der Waals surface area contributed by atoms with E-state index in [0.29, 0.717) is 11.6 Å². The Labute approximate surface area is 107 Å². The molecule has 2 aliphatic carbocycles. The predicted octanol–water partition coefficient (Wildman–Crippen LogP) is 2.06. The molecule has 2 bridgehead atoms. The highest BCUT2D eigenvalue weighted by Crippen LogP contribution is 2.49. The highest BCUT2D eigenvalue weighted by Gasteiger charge is 2.44. The van der Waals surface area contributed by atoms with Gasteiger partial charge in [0.1, 0.15) is 0 Å². The van der Waals surface area contributed by atoms with Gasteiger partial charge < -0.3 is 10.6 Å². The number of rotatable bonds is 2. The smallest absolute Gasteiger partial charge is 0.230 e. The van der Waals surface area contributed by atoms with Crippen LogP contribution >= 0.6 is 0 Å². The first kappa shape index (κ1) is 11.5. The van der Waals surface area contributed by atoms with Gasteiger partial charge in [0.25, 0.3) is 0 Å². The fraction of sp³-hybridized carbons (Fsp3) is 0.571. The molecule has 1 aromatic heterocycles. The monoisotopic (exact) mass is 245 g/mol. The van der Waals surface area contributed by atoms with Crippen molar-refractivity contribution in [2.75, 3.05) is 17.7 Å². The van der Waals surface area contributed by atoms with Gasteiger partial charge in [-0.05, 0) is 37.2 Å². The van der Waals surface area contributed by atoms with E-state index >= 15 is 0 Å². The summed E-state index contributed by atoms with van der Waals surface area (Å²) in [5.74, 6) is 1.82. The molecule has 0 spiro atoms.